The van der Waals surface area contributed by atoms with Gasteiger partial charge in [-0.05, 0) is 41.7 Å². The molecule has 0 spiro atoms. The highest BCUT2D eigenvalue weighted by molar-refractivity contribution is 5.95. The van der Waals surface area contributed by atoms with E-state index >= 15 is 0 Å². The molecule has 2 atom stereocenters. The molecule has 0 unspecified atom stereocenters. The summed E-state index contributed by atoms with van der Waals surface area (Å²) in [6.07, 6.45) is 4.20. The third kappa shape index (κ3) is 6.20. The van der Waals surface area contributed by atoms with Crippen LogP contribution in [0.3, 0.4) is 0 Å². The van der Waals surface area contributed by atoms with Gasteiger partial charge in [0.1, 0.15) is 5.75 Å². The summed E-state index contributed by atoms with van der Waals surface area (Å²) in [4.78, 5) is 35.5. The molecule has 2 N–H and O–H groups in total. The highest BCUT2D eigenvalue weighted by atomic mass is 16.6. The van der Waals surface area contributed by atoms with E-state index in [0.29, 0.717) is 11.7 Å². The summed E-state index contributed by atoms with van der Waals surface area (Å²) < 4.78 is 10.3. The van der Waals surface area contributed by atoms with Crippen molar-refractivity contribution in [2.45, 2.75) is 38.6 Å². The lowest BCUT2D eigenvalue weighted by molar-refractivity contribution is -0.150. The van der Waals surface area contributed by atoms with E-state index in [1.54, 1.807) is 6.07 Å². The molecule has 0 heterocycles. The summed E-state index contributed by atoms with van der Waals surface area (Å²) >= 11 is 0. The van der Waals surface area contributed by atoms with E-state index in [4.69, 9.17) is 9.47 Å². The van der Waals surface area contributed by atoms with Crippen LogP contribution in [0.4, 0.5) is 4.79 Å². The first-order valence-electron chi connectivity index (χ1n) is 9.89. The average molecular weight is 398 g/mol. The normalized spacial score (nSPS) is 18.7. The van der Waals surface area contributed by atoms with E-state index in [9.17, 15) is 14.4 Å². The Labute approximate surface area is 169 Å². The van der Waals surface area contributed by atoms with Gasteiger partial charge in [-0.3, -0.25) is 10.1 Å². The molecule has 29 heavy (non-hydrogen) atoms. The number of hydrogen-bond donors (Lipinski definition) is 2. The SMILES string of the molecule is C[C@@H]1CCCC[C@H]1NC(=O)NC(=O)COC(=O)COc1ccc2ccccc2c1. The first-order chi connectivity index (χ1) is 14.0. The Morgan fingerprint density at radius 1 is 1.00 bits per heavy atom. The minimum Gasteiger partial charge on any atom is -0.482 e. The molecule has 1 saturated carbocycles. The fourth-order valence-corrected chi connectivity index (χ4v) is 3.49. The molecule has 2 aromatic carbocycles. The van der Waals surface area contributed by atoms with Gasteiger partial charge in [0.2, 0.25) is 0 Å². The number of benzene rings is 2. The summed E-state index contributed by atoms with van der Waals surface area (Å²) in [5, 5.41) is 7.07. The zero-order valence-corrected chi connectivity index (χ0v) is 16.5. The molecule has 7 heteroatoms. The molecule has 0 bridgehead atoms. The average Bonchev–Trinajstić information content (AvgIpc) is 2.72. The Bertz CT molecular complexity index is 882. The number of esters is 1. The zero-order chi connectivity index (χ0) is 20.6. The summed E-state index contributed by atoms with van der Waals surface area (Å²) in [7, 11) is 0. The number of nitrogens with one attached hydrogen (secondary N) is 2. The summed E-state index contributed by atoms with van der Waals surface area (Å²) in [5.41, 5.74) is 0. The maximum Gasteiger partial charge on any atom is 0.344 e. The Morgan fingerprint density at radius 2 is 1.76 bits per heavy atom. The summed E-state index contributed by atoms with van der Waals surface area (Å²) in [6, 6.07) is 12.8. The number of carbonyl (C=O) groups excluding carboxylic acids is 3. The first-order valence-corrected chi connectivity index (χ1v) is 9.89. The van der Waals surface area contributed by atoms with E-state index in [1.807, 2.05) is 36.4 Å². The van der Waals surface area contributed by atoms with E-state index in [2.05, 4.69) is 17.6 Å². The lowest BCUT2D eigenvalue weighted by Gasteiger charge is -2.29. The fraction of sp³-hybridized carbons (Fsp3) is 0.409. The van der Waals surface area contributed by atoms with Crippen LogP contribution in [0.15, 0.2) is 42.5 Å². The number of amides is 3. The third-order valence-corrected chi connectivity index (χ3v) is 5.12. The van der Waals surface area contributed by atoms with Crippen molar-refractivity contribution in [2.75, 3.05) is 13.2 Å². The minimum atomic E-state index is -0.686. The van der Waals surface area contributed by atoms with Gasteiger partial charge in [-0.15, -0.1) is 0 Å². The van der Waals surface area contributed by atoms with Crippen LogP contribution in [0, 0.1) is 5.92 Å². The molecule has 2 aromatic rings. The van der Waals surface area contributed by atoms with Gasteiger partial charge in [-0.25, -0.2) is 9.59 Å². The van der Waals surface area contributed by atoms with Crippen molar-refractivity contribution in [1.82, 2.24) is 10.6 Å². The number of fused-ring (bicyclic) bond motifs is 1. The maximum atomic E-state index is 11.9. The molecule has 0 radical (unpaired) electrons. The highest BCUT2D eigenvalue weighted by Gasteiger charge is 2.23. The van der Waals surface area contributed by atoms with E-state index in [1.165, 1.54) is 0 Å². The molecular formula is C22H26N2O5. The molecule has 3 amide bonds. The molecule has 3 rings (SSSR count). The Balaban J connectivity index is 1.37. The second-order valence-electron chi connectivity index (χ2n) is 7.35. The maximum absolute atomic E-state index is 11.9. The number of ether oxygens (including phenoxy) is 2. The van der Waals surface area contributed by atoms with Crippen molar-refractivity contribution in [3.8, 4) is 5.75 Å². The van der Waals surface area contributed by atoms with E-state index in [-0.39, 0.29) is 12.6 Å². The van der Waals surface area contributed by atoms with Gasteiger partial charge >= 0.3 is 12.0 Å². The van der Waals surface area contributed by atoms with Crippen molar-refractivity contribution >= 4 is 28.7 Å². The number of carbonyl (C=O) groups is 3. The van der Waals surface area contributed by atoms with E-state index in [0.717, 1.165) is 36.5 Å². The summed E-state index contributed by atoms with van der Waals surface area (Å²) in [5.74, 6) is -0.444. The van der Waals surface area contributed by atoms with Crippen LogP contribution in [0.1, 0.15) is 32.6 Å². The Morgan fingerprint density at radius 3 is 2.55 bits per heavy atom. The van der Waals surface area contributed by atoms with E-state index < -0.39 is 24.5 Å². The predicted octanol–water partition coefficient (Wildman–Crippen LogP) is 3.17. The van der Waals surface area contributed by atoms with Crippen LogP contribution in [-0.4, -0.2) is 37.2 Å². The third-order valence-electron chi connectivity index (χ3n) is 5.12. The van der Waals surface area contributed by atoms with Crippen LogP contribution < -0.4 is 15.4 Å². The Hall–Kier alpha value is -3.09. The van der Waals surface area contributed by atoms with Crippen LogP contribution in [0.25, 0.3) is 10.8 Å². The van der Waals surface area contributed by atoms with Gasteiger partial charge in [0.15, 0.2) is 13.2 Å². The van der Waals surface area contributed by atoms with Crippen molar-refractivity contribution in [3.05, 3.63) is 42.5 Å². The standard InChI is InChI=1S/C22H26N2O5/c1-15-6-2-5-9-19(15)23-22(27)24-20(25)13-29-21(26)14-28-18-11-10-16-7-3-4-8-17(16)12-18/h3-4,7-8,10-12,15,19H,2,5-6,9,13-14H2,1H3,(H2,23,24,25,27)/t15-,19-/m1/s1. The van der Waals surface area contributed by atoms with Crippen molar-refractivity contribution in [3.63, 3.8) is 0 Å². The molecule has 1 aliphatic carbocycles. The number of rotatable bonds is 6. The number of hydrogen-bond acceptors (Lipinski definition) is 5. The lowest BCUT2D eigenvalue weighted by Crippen LogP contribution is -2.48. The predicted molar refractivity (Wildman–Crippen MR) is 108 cm³/mol. The smallest absolute Gasteiger partial charge is 0.344 e. The second-order valence-corrected chi connectivity index (χ2v) is 7.35. The van der Waals surface area contributed by atoms with Gasteiger partial charge in [-0.1, -0.05) is 50.1 Å². The zero-order valence-electron chi connectivity index (χ0n) is 16.5. The molecular weight excluding hydrogens is 372 g/mol. The molecule has 1 aliphatic rings. The number of urea groups is 1. The van der Waals surface area contributed by atoms with Crippen molar-refractivity contribution in [1.29, 1.82) is 0 Å². The van der Waals surface area contributed by atoms with Gasteiger partial charge in [-0.2, -0.15) is 0 Å². The van der Waals surface area contributed by atoms with Crippen LogP contribution in [0.5, 0.6) is 5.75 Å². The molecule has 0 aliphatic heterocycles. The molecule has 7 nitrogen and oxygen atoms in total. The fourth-order valence-electron chi connectivity index (χ4n) is 3.49. The van der Waals surface area contributed by atoms with Crippen molar-refractivity contribution < 1.29 is 23.9 Å². The van der Waals surface area contributed by atoms with Gasteiger partial charge < -0.3 is 14.8 Å². The molecule has 0 saturated heterocycles. The second kappa shape index (κ2) is 9.91. The number of imide groups is 1. The quantitative estimate of drug-likeness (QED) is 0.729. The Kier molecular flexibility index (Phi) is 7.05. The molecule has 154 valence electrons. The molecule has 1 fully saturated rings. The van der Waals surface area contributed by atoms with Crippen molar-refractivity contribution in [2.24, 2.45) is 5.92 Å². The largest absolute Gasteiger partial charge is 0.482 e. The monoisotopic (exact) mass is 398 g/mol. The lowest BCUT2D eigenvalue weighted by atomic mass is 9.86. The summed E-state index contributed by atoms with van der Waals surface area (Å²) in [6.45, 7) is 1.23. The van der Waals surface area contributed by atoms with Gasteiger partial charge in [0.05, 0.1) is 0 Å². The van der Waals surface area contributed by atoms with Crippen LogP contribution in [0.2, 0.25) is 0 Å². The highest BCUT2D eigenvalue weighted by Crippen LogP contribution is 2.23. The minimum absolute atomic E-state index is 0.0643. The van der Waals surface area contributed by atoms with Crippen LogP contribution >= 0.6 is 0 Å². The van der Waals surface area contributed by atoms with Gasteiger partial charge in [0, 0.05) is 6.04 Å². The topological polar surface area (TPSA) is 93.7 Å². The first kappa shape index (κ1) is 20.6. The van der Waals surface area contributed by atoms with Crippen LogP contribution in [-0.2, 0) is 14.3 Å². The molecule has 0 aromatic heterocycles. The van der Waals surface area contributed by atoms with Gasteiger partial charge in [0.25, 0.3) is 5.91 Å².